The third-order valence-electron chi connectivity index (χ3n) is 2.58. The second-order valence-corrected chi connectivity index (χ2v) is 4.65. The standard InChI is InChI=1S/C11H5Cl2N5O3/c12-7-3-5(18(19)20)1-2-8(7)21-10-6-4-14-17-9(6)15-11(13)16-10/h1-4H,(H,14,15,16,17). The number of fused-ring (bicyclic) bond motifs is 1. The van der Waals surface area contributed by atoms with Crippen molar-refractivity contribution in [1.29, 1.82) is 0 Å². The van der Waals surface area contributed by atoms with Crippen LogP contribution in [0.4, 0.5) is 5.69 Å². The number of aromatic nitrogens is 4. The van der Waals surface area contributed by atoms with Crippen LogP contribution in [-0.4, -0.2) is 25.1 Å². The van der Waals surface area contributed by atoms with E-state index in [-0.39, 0.29) is 27.6 Å². The molecule has 0 saturated carbocycles. The maximum Gasteiger partial charge on any atom is 0.271 e. The molecule has 0 fully saturated rings. The highest BCUT2D eigenvalue weighted by atomic mass is 35.5. The van der Waals surface area contributed by atoms with Crippen LogP contribution in [0.15, 0.2) is 24.4 Å². The number of ether oxygens (including phenoxy) is 1. The van der Waals surface area contributed by atoms with Crippen LogP contribution in [0, 0.1) is 10.1 Å². The van der Waals surface area contributed by atoms with Gasteiger partial charge in [0.05, 0.1) is 16.1 Å². The zero-order valence-electron chi connectivity index (χ0n) is 10.1. The average Bonchev–Trinajstić information content (AvgIpc) is 2.88. The Balaban J connectivity index is 2.02. The van der Waals surface area contributed by atoms with Gasteiger partial charge in [-0.2, -0.15) is 15.1 Å². The number of nitro benzene ring substituents is 1. The molecule has 0 aliphatic heterocycles. The van der Waals surface area contributed by atoms with E-state index in [1.54, 1.807) is 0 Å². The number of nitro groups is 1. The van der Waals surface area contributed by atoms with Crippen molar-refractivity contribution in [3.05, 3.63) is 44.8 Å². The Hall–Kier alpha value is -2.45. The van der Waals surface area contributed by atoms with Crippen molar-refractivity contribution in [3.8, 4) is 11.6 Å². The van der Waals surface area contributed by atoms with Crippen molar-refractivity contribution in [2.24, 2.45) is 0 Å². The topological polar surface area (TPSA) is 107 Å². The van der Waals surface area contributed by atoms with Crippen LogP contribution in [0.25, 0.3) is 11.0 Å². The molecule has 0 bridgehead atoms. The minimum Gasteiger partial charge on any atom is -0.436 e. The molecule has 1 N–H and O–H groups in total. The van der Waals surface area contributed by atoms with E-state index < -0.39 is 4.92 Å². The summed E-state index contributed by atoms with van der Waals surface area (Å²) in [6.07, 6.45) is 1.47. The van der Waals surface area contributed by atoms with Gasteiger partial charge < -0.3 is 4.74 Å². The Bertz CT molecular complexity index is 851. The summed E-state index contributed by atoms with van der Waals surface area (Å²) in [6, 6.07) is 3.84. The van der Waals surface area contributed by atoms with Crippen molar-refractivity contribution in [1.82, 2.24) is 20.2 Å². The van der Waals surface area contributed by atoms with Gasteiger partial charge >= 0.3 is 0 Å². The summed E-state index contributed by atoms with van der Waals surface area (Å²) in [5.74, 6) is 0.356. The molecule has 0 saturated heterocycles. The number of H-pyrrole nitrogens is 1. The summed E-state index contributed by atoms with van der Waals surface area (Å²) >= 11 is 11.7. The first-order chi connectivity index (χ1) is 10.0. The lowest BCUT2D eigenvalue weighted by Crippen LogP contribution is -1.94. The van der Waals surface area contributed by atoms with Crippen LogP contribution in [0.5, 0.6) is 11.6 Å². The highest BCUT2D eigenvalue weighted by Gasteiger charge is 2.15. The molecule has 2 heterocycles. The molecule has 0 atom stereocenters. The van der Waals surface area contributed by atoms with E-state index in [4.69, 9.17) is 27.9 Å². The second-order valence-electron chi connectivity index (χ2n) is 3.90. The predicted molar refractivity (Wildman–Crippen MR) is 74.9 cm³/mol. The largest absolute Gasteiger partial charge is 0.436 e. The van der Waals surface area contributed by atoms with Gasteiger partial charge in [-0.3, -0.25) is 15.2 Å². The summed E-state index contributed by atoms with van der Waals surface area (Å²) < 4.78 is 5.55. The van der Waals surface area contributed by atoms with E-state index >= 15 is 0 Å². The Kier molecular flexibility index (Phi) is 3.32. The Morgan fingerprint density at radius 3 is 2.81 bits per heavy atom. The molecule has 0 spiro atoms. The zero-order chi connectivity index (χ0) is 15.0. The van der Waals surface area contributed by atoms with E-state index in [1.165, 1.54) is 24.4 Å². The highest BCUT2D eigenvalue weighted by Crippen LogP contribution is 2.34. The van der Waals surface area contributed by atoms with Crippen molar-refractivity contribution in [3.63, 3.8) is 0 Å². The molecule has 3 aromatic rings. The monoisotopic (exact) mass is 325 g/mol. The number of nitrogens with zero attached hydrogens (tertiary/aromatic N) is 4. The Labute approximate surface area is 126 Å². The first-order valence-corrected chi connectivity index (χ1v) is 6.28. The van der Waals surface area contributed by atoms with Crippen LogP contribution in [0.1, 0.15) is 0 Å². The molecule has 0 aliphatic carbocycles. The highest BCUT2D eigenvalue weighted by molar-refractivity contribution is 6.32. The first-order valence-electron chi connectivity index (χ1n) is 5.53. The van der Waals surface area contributed by atoms with Gasteiger partial charge in [-0.15, -0.1) is 0 Å². The molecule has 0 amide bonds. The summed E-state index contributed by atoms with van der Waals surface area (Å²) in [4.78, 5) is 18.0. The number of hydrogen-bond acceptors (Lipinski definition) is 6. The number of halogens is 2. The quantitative estimate of drug-likeness (QED) is 0.449. The van der Waals surface area contributed by atoms with Crippen molar-refractivity contribution < 1.29 is 9.66 Å². The van der Waals surface area contributed by atoms with Gasteiger partial charge in [0.15, 0.2) is 5.65 Å². The third kappa shape index (κ3) is 2.58. The number of aromatic amines is 1. The summed E-state index contributed by atoms with van der Waals surface area (Å²) in [5, 5.41) is 17.7. The maximum absolute atomic E-state index is 10.7. The minimum absolute atomic E-state index is 0.0280. The van der Waals surface area contributed by atoms with E-state index in [2.05, 4.69) is 20.2 Å². The molecule has 106 valence electrons. The van der Waals surface area contributed by atoms with Crippen LogP contribution in [0.3, 0.4) is 0 Å². The third-order valence-corrected chi connectivity index (χ3v) is 3.04. The molecule has 8 nitrogen and oxygen atoms in total. The van der Waals surface area contributed by atoms with Gasteiger partial charge in [-0.05, 0) is 17.7 Å². The fourth-order valence-corrected chi connectivity index (χ4v) is 2.03. The van der Waals surface area contributed by atoms with Crippen LogP contribution in [-0.2, 0) is 0 Å². The van der Waals surface area contributed by atoms with Crippen molar-refractivity contribution in [2.75, 3.05) is 0 Å². The van der Waals surface area contributed by atoms with Crippen molar-refractivity contribution in [2.45, 2.75) is 0 Å². The van der Waals surface area contributed by atoms with Crippen LogP contribution < -0.4 is 4.74 Å². The van der Waals surface area contributed by atoms with E-state index in [0.29, 0.717) is 11.0 Å². The van der Waals surface area contributed by atoms with Gasteiger partial charge in [-0.25, -0.2) is 0 Å². The molecule has 1 aromatic carbocycles. The molecular formula is C11H5Cl2N5O3. The molecule has 21 heavy (non-hydrogen) atoms. The summed E-state index contributed by atoms with van der Waals surface area (Å²) in [5.41, 5.74) is 0.268. The normalized spacial score (nSPS) is 10.8. The van der Waals surface area contributed by atoms with Gasteiger partial charge in [0.2, 0.25) is 11.2 Å². The number of hydrogen-bond donors (Lipinski definition) is 1. The Morgan fingerprint density at radius 2 is 2.10 bits per heavy atom. The lowest BCUT2D eigenvalue weighted by Gasteiger charge is -2.07. The average molecular weight is 326 g/mol. The zero-order valence-corrected chi connectivity index (χ0v) is 11.6. The molecule has 3 rings (SSSR count). The van der Waals surface area contributed by atoms with E-state index in [9.17, 15) is 10.1 Å². The number of non-ortho nitro benzene ring substituents is 1. The van der Waals surface area contributed by atoms with Crippen LogP contribution >= 0.6 is 23.2 Å². The van der Waals surface area contributed by atoms with Gasteiger partial charge in [-0.1, -0.05) is 11.6 Å². The molecule has 10 heteroatoms. The summed E-state index contributed by atoms with van der Waals surface area (Å²) in [7, 11) is 0. The lowest BCUT2D eigenvalue weighted by atomic mass is 10.3. The number of benzene rings is 1. The molecule has 0 aliphatic rings. The smallest absolute Gasteiger partial charge is 0.271 e. The van der Waals surface area contributed by atoms with Gasteiger partial charge in [0.1, 0.15) is 11.1 Å². The number of rotatable bonds is 3. The second kappa shape index (κ2) is 5.15. The SMILES string of the molecule is O=[N+]([O-])c1ccc(Oc2nc(Cl)nc3[nH]ncc23)c(Cl)c1. The Morgan fingerprint density at radius 1 is 1.29 bits per heavy atom. The maximum atomic E-state index is 10.7. The molecule has 0 unspecified atom stereocenters. The fraction of sp³-hybridized carbons (Fsp3) is 0. The van der Waals surface area contributed by atoms with E-state index in [1.807, 2.05) is 0 Å². The fourth-order valence-electron chi connectivity index (χ4n) is 1.65. The van der Waals surface area contributed by atoms with Gasteiger partial charge in [0.25, 0.3) is 5.69 Å². The summed E-state index contributed by atoms with van der Waals surface area (Å²) in [6.45, 7) is 0. The van der Waals surface area contributed by atoms with E-state index in [0.717, 1.165) is 0 Å². The predicted octanol–water partition coefficient (Wildman–Crippen LogP) is 3.36. The van der Waals surface area contributed by atoms with Crippen LogP contribution in [0.2, 0.25) is 10.3 Å². The molecule has 0 radical (unpaired) electrons. The minimum atomic E-state index is -0.550. The first kappa shape index (κ1) is 13.5. The number of nitrogens with one attached hydrogen (secondary N) is 1. The molecule has 2 aromatic heterocycles. The lowest BCUT2D eigenvalue weighted by molar-refractivity contribution is -0.384. The van der Waals surface area contributed by atoms with Gasteiger partial charge in [0, 0.05) is 12.1 Å². The van der Waals surface area contributed by atoms with Crippen molar-refractivity contribution >= 4 is 39.9 Å². The molecular weight excluding hydrogens is 321 g/mol.